The van der Waals surface area contributed by atoms with Crippen LogP contribution in [0, 0.1) is 0 Å². The van der Waals surface area contributed by atoms with Gasteiger partial charge in [-0.15, -0.1) is 11.3 Å². The summed E-state index contributed by atoms with van der Waals surface area (Å²) in [7, 11) is 1.57. The average Bonchev–Trinajstić information content (AvgIpc) is 2.84. The molecule has 0 bridgehead atoms. The van der Waals surface area contributed by atoms with Crippen molar-refractivity contribution in [2.24, 2.45) is 0 Å². The second-order valence-corrected chi connectivity index (χ2v) is 5.81. The first-order chi connectivity index (χ1) is 10.1. The molecule has 2 aromatic rings. The number of nitrogen functional groups attached to an aromatic ring is 1. The van der Waals surface area contributed by atoms with E-state index < -0.39 is 0 Å². The molecule has 1 saturated heterocycles. The molecule has 0 atom stereocenters. The van der Waals surface area contributed by atoms with Crippen molar-refractivity contribution >= 4 is 38.9 Å². The first kappa shape index (κ1) is 13.7. The van der Waals surface area contributed by atoms with Crippen molar-refractivity contribution in [1.82, 2.24) is 10.2 Å². The maximum Gasteiger partial charge on any atom is 0.266 e. The lowest BCUT2D eigenvalue weighted by atomic mass is 10.2. The van der Waals surface area contributed by atoms with Crippen molar-refractivity contribution < 1.29 is 14.3 Å². The van der Waals surface area contributed by atoms with E-state index in [0.29, 0.717) is 29.4 Å². The zero-order valence-electron chi connectivity index (χ0n) is 11.5. The zero-order valence-corrected chi connectivity index (χ0v) is 12.3. The Morgan fingerprint density at radius 2 is 2.29 bits per heavy atom. The third-order valence-corrected chi connectivity index (χ3v) is 4.61. The van der Waals surface area contributed by atoms with Crippen LogP contribution in [0.3, 0.4) is 0 Å². The smallest absolute Gasteiger partial charge is 0.266 e. The molecule has 3 rings (SSSR count). The molecule has 6 nitrogen and oxygen atoms in total. The van der Waals surface area contributed by atoms with E-state index in [1.54, 1.807) is 7.11 Å². The molecule has 0 spiro atoms. The highest BCUT2D eigenvalue weighted by Gasteiger charge is 2.26. The Hall–Kier alpha value is -2.28. The van der Waals surface area contributed by atoms with Gasteiger partial charge in [0.25, 0.3) is 5.91 Å². The Morgan fingerprint density at radius 1 is 1.48 bits per heavy atom. The van der Waals surface area contributed by atoms with Gasteiger partial charge < -0.3 is 20.7 Å². The van der Waals surface area contributed by atoms with Gasteiger partial charge >= 0.3 is 0 Å². The van der Waals surface area contributed by atoms with Crippen molar-refractivity contribution in [2.75, 3.05) is 32.5 Å². The summed E-state index contributed by atoms with van der Waals surface area (Å²) in [4.78, 5) is 26.0. The lowest BCUT2D eigenvalue weighted by Crippen LogP contribution is -2.49. The number of nitrogens with two attached hydrogens (primary N) is 1. The third kappa shape index (κ3) is 2.29. The second-order valence-electron chi connectivity index (χ2n) is 4.75. The number of hydrogen-bond donors (Lipinski definition) is 2. The highest BCUT2D eigenvalue weighted by molar-refractivity contribution is 7.21. The van der Waals surface area contributed by atoms with Crippen molar-refractivity contribution in [3.63, 3.8) is 0 Å². The molecule has 110 valence electrons. The first-order valence-electron chi connectivity index (χ1n) is 6.52. The molecule has 0 aliphatic carbocycles. The highest BCUT2D eigenvalue weighted by Crippen LogP contribution is 2.39. The summed E-state index contributed by atoms with van der Waals surface area (Å²) in [5.74, 6) is 0.300. The number of carbonyl (C=O) groups excluding carboxylic acids is 2. The fraction of sp³-hybridized carbons (Fsp3) is 0.286. The number of piperazine rings is 1. The molecule has 0 saturated carbocycles. The number of carbonyl (C=O) groups is 2. The van der Waals surface area contributed by atoms with Gasteiger partial charge in [0.15, 0.2) is 0 Å². The summed E-state index contributed by atoms with van der Waals surface area (Å²) >= 11 is 1.33. The molecule has 21 heavy (non-hydrogen) atoms. The third-order valence-electron chi connectivity index (χ3n) is 3.45. The maximum absolute atomic E-state index is 12.6. The number of nitrogens with one attached hydrogen (secondary N) is 1. The minimum atomic E-state index is -0.203. The van der Waals surface area contributed by atoms with E-state index >= 15 is 0 Å². The standard InChI is InChI=1S/C14H15N3O3S/c1-20-8-3-2-4-9-11(8)12(15)13(21-9)14(19)17-6-5-16-10(18)7-17/h2-4H,5-7,15H2,1H3,(H,16,18). The summed E-state index contributed by atoms with van der Waals surface area (Å²) in [6, 6.07) is 5.58. The van der Waals surface area contributed by atoms with E-state index in [1.165, 1.54) is 16.2 Å². The Balaban J connectivity index is 2.02. The molecule has 1 fully saturated rings. The monoisotopic (exact) mass is 305 g/mol. The van der Waals surface area contributed by atoms with Crippen LogP contribution < -0.4 is 15.8 Å². The fourth-order valence-corrected chi connectivity index (χ4v) is 3.53. The van der Waals surface area contributed by atoms with Gasteiger partial charge in [0.2, 0.25) is 5.91 Å². The first-order valence-corrected chi connectivity index (χ1v) is 7.34. The Morgan fingerprint density at radius 3 is 3.00 bits per heavy atom. The summed E-state index contributed by atoms with van der Waals surface area (Å²) in [6.45, 7) is 1.04. The lowest BCUT2D eigenvalue weighted by molar-refractivity contribution is -0.123. The Bertz CT molecular complexity index is 726. The molecule has 2 heterocycles. The van der Waals surface area contributed by atoms with Crippen LogP contribution in [0.2, 0.25) is 0 Å². The van der Waals surface area contributed by atoms with E-state index in [9.17, 15) is 9.59 Å². The molecule has 1 aromatic heterocycles. The number of rotatable bonds is 2. The summed E-state index contributed by atoms with van der Waals surface area (Å²) in [5.41, 5.74) is 6.56. The number of benzene rings is 1. The Labute approximate surface area is 125 Å². The molecule has 1 aliphatic rings. The number of anilines is 1. The van der Waals surface area contributed by atoms with Crippen molar-refractivity contribution in [2.45, 2.75) is 0 Å². The van der Waals surface area contributed by atoms with Crippen LogP contribution in [0.25, 0.3) is 10.1 Å². The number of nitrogens with zero attached hydrogens (tertiary/aromatic N) is 1. The van der Waals surface area contributed by atoms with E-state index in [2.05, 4.69) is 5.32 Å². The van der Waals surface area contributed by atoms with Crippen LogP contribution in [0.5, 0.6) is 5.75 Å². The minimum absolute atomic E-state index is 0.0731. The molecule has 0 unspecified atom stereocenters. The molecule has 2 amide bonds. The molecule has 7 heteroatoms. The quantitative estimate of drug-likeness (QED) is 0.869. The number of amides is 2. The zero-order chi connectivity index (χ0) is 15.0. The van der Waals surface area contributed by atoms with Gasteiger partial charge in [0, 0.05) is 17.8 Å². The molecule has 0 radical (unpaired) electrons. The summed E-state index contributed by atoms with van der Waals surface area (Å²) < 4.78 is 6.20. The average molecular weight is 305 g/mol. The predicted octanol–water partition coefficient (Wildman–Crippen LogP) is 1.06. The van der Waals surface area contributed by atoms with Crippen molar-refractivity contribution in [3.05, 3.63) is 23.1 Å². The van der Waals surface area contributed by atoms with Crippen molar-refractivity contribution in [3.8, 4) is 5.75 Å². The van der Waals surface area contributed by atoms with E-state index in [1.807, 2.05) is 18.2 Å². The lowest BCUT2D eigenvalue weighted by Gasteiger charge is -2.26. The van der Waals surface area contributed by atoms with Gasteiger partial charge in [0.05, 0.1) is 24.7 Å². The topological polar surface area (TPSA) is 84.7 Å². The van der Waals surface area contributed by atoms with Gasteiger partial charge in [0.1, 0.15) is 10.6 Å². The van der Waals surface area contributed by atoms with Crippen LogP contribution in [-0.2, 0) is 4.79 Å². The Kier molecular flexibility index (Phi) is 3.42. The van der Waals surface area contributed by atoms with Gasteiger partial charge in [-0.3, -0.25) is 9.59 Å². The van der Waals surface area contributed by atoms with E-state index in [-0.39, 0.29) is 18.4 Å². The summed E-state index contributed by atoms with van der Waals surface area (Å²) in [5, 5.41) is 3.46. The normalized spacial score (nSPS) is 15.1. The molecule has 3 N–H and O–H groups in total. The highest BCUT2D eigenvalue weighted by atomic mass is 32.1. The van der Waals surface area contributed by atoms with Crippen LogP contribution in [0.1, 0.15) is 9.67 Å². The van der Waals surface area contributed by atoms with E-state index in [0.717, 1.165) is 10.1 Å². The largest absolute Gasteiger partial charge is 0.496 e. The van der Waals surface area contributed by atoms with Gasteiger partial charge in [-0.2, -0.15) is 0 Å². The minimum Gasteiger partial charge on any atom is -0.496 e. The molecular formula is C14H15N3O3S. The number of hydrogen-bond acceptors (Lipinski definition) is 5. The van der Waals surface area contributed by atoms with Gasteiger partial charge in [-0.05, 0) is 12.1 Å². The number of ether oxygens (including phenoxy) is 1. The molecular weight excluding hydrogens is 290 g/mol. The van der Waals surface area contributed by atoms with Crippen LogP contribution in [0.4, 0.5) is 5.69 Å². The second kappa shape index (κ2) is 5.25. The van der Waals surface area contributed by atoms with Crippen molar-refractivity contribution in [1.29, 1.82) is 0 Å². The van der Waals surface area contributed by atoms with Gasteiger partial charge in [-0.1, -0.05) is 6.07 Å². The maximum atomic E-state index is 12.6. The molecule has 1 aromatic carbocycles. The predicted molar refractivity (Wildman–Crippen MR) is 81.7 cm³/mol. The summed E-state index contributed by atoms with van der Waals surface area (Å²) in [6.07, 6.45) is 0. The molecule has 1 aliphatic heterocycles. The van der Waals surface area contributed by atoms with Crippen LogP contribution >= 0.6 is 11.3 Å². The SMILES string of the molecule is COc1cccc2sc(C(=O)N3CCNC(=O)C3)c(N)c12. The fourth-order valence-electron chi connectivity index (χ4n) is 2.42. The number of methoxy groups -OCH3 is 1. The van der Waals surface area contributed by atoms with Crippen LogP contribution in [0.15, 0.2) is 18.2 Å². The number of fused-ring (bicyclic) bond motifs is 1. The number of thiophene rings is 1. The van der Waals surface area contributed by atoms with E-state index in [4.69, 9.17) is 10.5 Å². The van der Waals surface area contributed by atoms with Crippen LogP contribution in [-0.4, -0.2) is 43.5 Å². The van der Waals surface area contributed by atoms with Gasteiger partial charge in [-0.25, -0.2) is 0 Å².